The van der Waals surface area contributed by atoms with Gasteiger partial charge in [0.25, 0.3) is 0 Å². The zero-order chi connectivity index (χ0) is 17.1. The average Bonchev–Trinajstić information content (AvgIpc) is 2.55. The summed E-state index contributed by atoms with van der Waals surface area (Å²) in [6, 6.07) is 18.5. The van der Waals surface area contributed by atoms with Gasteiger partial charge < -0.3 is 0 Å². The molecule has 0 aliphatic carbocycles. The largest absolute Gasteiger partial charge is 0.154 e. The highest BCUT2D eigenvalue weighted by molar-refractivity contribution is 7.99. The molecule has 0 radical (unpaired) electrons. The highest BCUT2D eigenvalue weighted by atomic mass is 32.2. The van der Waals surface area contributed by atoms with E-state index in [2.05, 4.69) is 76.2 Å². The fourth-order valence-corrected chi connectivity index (χ4v) is 4.21. The quantitative estimate of drug-likeness (QED) is 0.427. The molecule has 0 aromatic heterocycles. The van der Waals surface area contributed by atoms with Gasteiger partial charge in [0, 0.05) is 11.5 Å². The van der Waals surface area contributed by atoms with Gasteiger partial charge in [-0.2, -0.15) is 23.5 Å². The number of thioether (sulfide) groups is 2. The molecule has 0 N–H and O–H groups in total. The van der Waals surface area contributed by atoms with Crippen LogP contribution in [0.5, 0.6) is 0 Å². The SMILES string of the molecule is CC(C)SCc1ccc2cc3ccc(CSC(C)C)cc3cc2c1. The number of benzene rings is 3. The van der Waals surface area contributed by atoms with E-state index in [9.17, 15) is 0 Å². The number of hydrogen-bond acceptors (Lipinski definition) is 2. The van der Waals surface area contributed by atoms with E-state index in [0.717, 1.165) is 11.5 Å². The first-order valence-electron chi connectivity index (χ1n) is 8.70. The van der Waals surface area contributed by atoms with Gasteiger partial charge in [-0.1, -0.05) is 64.1 Å². The first-order chi connectivity index (χ1) is 11.5. The standard InChI is InChI=1S/C22H26S2/c1-15(2)23-13-17-5-7-19-11-20-8-6-18(14-24-16(3)4)10-22(20)12-21(19)9-17/h5-12,15-16H,13-14H2,1-4H3. The van der Waals surface area contributed by atoms with Crippen molar-refractivity contribution in [2.45, 2.75) is 49.7 Å². The lowest BCUT2D eigenvalue weighted by Gasteiger charge is -2.09. The third-order valence-electron chi connectivity index (χ3n) is 4.09. The molecule has 3 aromatic rings. The minimum Gasteiger partial charge on any atom is -0.154 e. The Bertz CT molecular complexity index is 767. The van der Waals surface area contributed by atoms with Gasteiger partial charge in [0.15, 0.2) is 0 Å². The van der Waals surface area contributed by atoms with Crippen molar-refractivity contribution in [1.29, 1.82) is 0 Å². The molecule has 0 saturated heterocycles. The van der Waals surface area contributed by atoms with Crippen molar-refractivity contribution in [3.05, 3.63) is 59.7 Å². The molecule has 126 valence electrons. The molecule has 0 bridgehead atoms. The van der Waals surface area contributed by atoms with E-state index in [1.165, 1.54) is 32.7 Å². The molecule has 0 atom stereocenters. The van der Waals surface area contributed by atoms with Crippen molar-refractivity contribution < 1.29 is 0 Å². The molecule has 2 heteroatoms. The molecule has 3 rings (SSSR count). The summed E-state index contributed by atoms with van der Waals surface area (Å²) in [5.74, 6) is 2.19. The maximum absolute atomic E-state index is 2.36. The van der Waals surface area contributed by atoms with Crippen LogP contribution in [0.25, 0.3) is 21.5 Å². The smallest absolute Gasteiger partial charge is 0.0187 e. The van der Waals surface area contributed by atoms with Gasteiger partial charge in [-0.3, -0.25) is 0 Å². The average molecular weight is 355 g/mol. The number of rotatable bonds is 6. The second kappa shape index (κ2) is 7.84. The summed E-state index contributed by atoms with van der Waals surface area (Å²) in [5.41, 5.74) is 2.85. The van der Waals surface area contributed by atoms with Gasteiger partial charge in [0.2, 0.25) is 0 Å². The van der Waals surface area contributed by atoms with E-state index in [-0.39, 0.29) is 0 Å². The van der Waals surface area contributed by atoms with Crippen LogP contribution in [0, 0.1) is 0 Å². The molecular formula is C22H26S2. The zero-order valence-electron chi connectivity index (χ0n) is 15.0. The molecule has 0 fully saturated rings. The van der Waals surface area contributed by atoms with Gasteiger partial charge in [0.1, 0.15) is 0 Å². The molecule has 0 amide bonds. The van der Waals surface area contributed by atoms with Crippen LogP contribution in [0.2, 0.25) is 0 Å². The van der Waals surface area contributed by atoms with Crippen molar-refractivity contribution in [1.82, 2.24) is 0 Å². The van der Waals surface area contributed by atoms with Crippen LogP contribution in [0.15, 0.2) is 48.5 Å². The Hall–Kier alpha value is -1.12. The van der Waals surface area contributed by atoms with Crippen LogP contribution < -0.4 is 0 Å². The summed E-state index contributed by atoms with van der Waals surface area (Å²) in [7, 11) is 0. The van der Waals surface area contributed by atoms with E-state index >= 15 is 0 Å². The summed E-state index contributed by atoms with van der Waals surface area (Å²) in [5, 5.41) is 6.75. The van der Waals surface area contributed by atoms with E-state index in [1.807, 2.05) is 23.5 Å². The second-order valence-corrected chi connectivity index (χ2v) is 10.1. The van der Waals surface area contributed by atoms with Gasteiger partial charge in [-0.25, -0.2) is 0 Å². The van der Waals surface area contributed by atoms with Crippen LogP contribution >= 0.6 is 23.5 Å². The van der Waals surface area contributed by atoms with Crippen LogP contribution in [0.3, 0.4) is 0 Å². The van der Waals surface area contributed by atoms with Crippen molar-refractivity contribution in [3.63, 3.8) is 0 Å². The summed E-state index contributed by atoms with van der Waals surface area (Å²) < 4.78 is 0. The topological polar surface area (TPSA) is 0 Å². The fourth-order valence-electron chi connectivity index (χ4n) is 2.80. The second-order valence-electron chi connectivity index (χ2n) is 6.93. The van der Waals surface area contributed by atoms with Gasteiger partial charge in [0.05, 0.1) is 0 Å². The summed E-state index contributed by atoms with van der Waals surface area (Å²) in [6.45, 7) is 9.04. The van der Waals surface area contributed by atoms with E-state index in [1.54, 1.807) is 0 Å². The van der Waals surface area contributed by atoms with Crippen LogP contribution in [-0.4, -0.2) is 10.5 Å². The van der Waals surface area contributed by atoms with Crippen molar-refractivity contribution in [3.8, 4) is 0 Å². The number of hydrogen-bond donors (Lipinski definition) is 0. The van der Waals surface area contributed by atoms with Crippen LogP contribution in [-0.2, 0) is 11.5 Å². The minimum absolute atomic E-state index is 0.679. The lowest BCUT2D eigenvalue weighted by atomic mass is 10.0. The highest BCUT2D eigenvalue weighted by Crippen LogP contribution is 2.28. The maximum atomic E-state index is 2.36. The molecular weight excluding hydrogens is 328 g/mol. The van der Waals surface area contributed by atoms with Gasteiger partial charge in [-0.15, -0.1) is 0 Å². The highest BCUT2D eigenvalue weighted by Gasteiger charge is 2.04. The molecule has 0 aliphatic rings. The predicted octanol–water partition coefficient (Wildman–Crippen LogP) is 7.28. The van der Waals surface area contributed by atoms with E-state index in [4.69, 9.17) is 0 Å². The molecule has 0 saturated carbocycles. The third kappa shape index (κ3) is 4.49. The monoisotopic (exact) mass is 354 g/mol. The van der Waals surface area contributed by atoms with Crippen molar-refractivity contribution in [2.24, 2.45) is 0 Å². The fraction of sp³-hybridized carbons (Fsp3) is 0.364. The van der Waals surface area contributed by atoms with Crippen molar-refractivity contribution in [2.75, 3.05) is 0 Å². The lowest BCUT2D eigenvalue weighted by molar-refractivity contribution is 1.11. The van der Waals surface area contributed by atoms with Gasteiger partial charge >= 0.3 is 0 Å². The summed E-state index contributed by atoms with van der Waals surface area (Å²) >= 11 is 4.01. The third-order valence-corrected chi connectivity index (χ3v) is 6.42. The van der Waals surface area contributed by atoms with Crippen LogP contribution in [0.1, 0.15) is 38.8 Å². The van der Waals surface area contributed by atoms with E-state index in [0.29, 0.717) is 10.5 Å². The Balaban J connectivity index is 1.92. The molecule has 0 heterocycles. The molecule has 0 nitrogen and oxygen atoms in total. The summed E-state index contributed by atoms with van der Waals surface area (Å²) in [4.78, 5) is 0. The Kier molecular flexibility index (Phi) is 5.78. The van der Waals surface area contributed by atoms with E-state index < -0.39 is 0 Å². The van der Waals surface area contributed by atoms with Crippen LogP contribution in [0.4, 0.5) is 0 Å². The molecule has 0 unspecified atom stereocenters. The Morgan fingerprint density at radius 3 is 1.42 bits per heavy atom. The summed E-state index contributed by atoms with van der Waals surface area (Å²) in [6.07, 6.45) is 0. The van der Waals surface area contributed by atoms with Crippen molar-refractivity contribution >= 4 is 45.1 Å². The normalized spacial score (nSPS) is 11.9. The maximum Gasteiger partial charge on any atom is 0.0187 e. The molecule has 0 aliphatic heterocycles. The zero-order valence-corrected chi connectivity index (χ0v) is 16.6. The first kappa shape index (κ1) is 17.7. The van der Waals surface area contributed by atoms with Gasteiger partial charge in [-0.05, 0) is 55.3 Å². The molecule has 0 spiro atoms. The minimum atomic E-state index is 0.679. The predicted molar refractivity (Wildman–Crippen MR) is 114 cm³/mol. The lowest BCUT2D eigenvalue weighted by Crippen LogP contribution is -1.90. The first-order valence-corrected chi connectivity index (χ1v) is 10.8. The Labute approximate surface area is 154 Å². The molecule has 3 aromatic carbocycles. The molecule has 24 heavy (non-hydrogen) atoms. The Morgan fingerprint density at radius 1 is 0.583 bits per heavy atom. The number of fused-ring (bicyclic) bond motifs is 2. The Morgan fingerprint density at radius 2 is 1.00 bits per heavy atom.